The van der Waals surface area contributed by atoms with E-state index in [1.54, 1.807) is 0 Å². The third-order valence-corrected chi connectivity index (χ3v) is 3.84. The number of aromatic nitrogens is 2. The van der Waals surface area contributed by atoms with Crippen molar-refractivity contribution in [3.63, 3.8) is 0 Å². The van der Waals surface area contributed by atoms with Gasteiger partial charge in [-0.1, -0.05) is 12.1 Å². The van der Waals surface area contributed by atoms with Crippen molar-refractivity contribution in [1.82, 2.24) is 9.78 Å². The maximum Gasteiger partial charge on any atom is 0.328 e. The lowest BCUT2D eigenvalue weighted by Gasteiger charge is -2.14. The molecule has 148 valence electrons. The number of anilines is 1. The molecule has 28 heavy (non-hydrogen) atoms. The number of nitrogens with zero attached hydrogens (tertiary/aromatic N) is 4. The molecule has 1 N–H and O–H groups in total. The molecule has 1 heterocycles. The largest absolute Gasteiger partial charge is 0.451 e. The van der Waals surface area contributed by atoms with Gasteiger partial charge >= 0.3 is 11.7 Å². The standard InChI is InChI=1S/C16H17N5O7/c1-9-15(21(26)27)10(2)19(18-9)8-14(22)28-11(3)16(23)17-12-6-4-5-7-13(12)20(24)25/h4-7,11H,8H2,1-3H3,(H,17,23)/t11-/m1/s1. The van der Waals surface area contributed by atoms with Gasteiger partial charge in [0.25, 0.3) is 11.6 Å². The number of rotatable bonds is 7. The van der Waals surface area contributed by atoms with Crippen LogP contribution in [-0.2, 0) is 20.9 Å². The molecule has 2 rings (SSSR count). The third-order valence-electron chi connectivity index (χ3n) is 3.84. The second-order valence-corrected chi connectivity index (χ2v) is 5.83. The Morgan fingerprint density at radius 2 is 1.86 bits per heavy atom. The van der Waals surface area contributed by atoms with E-state index in [9.17, 15) is 29.8 Å². The molecule has 12 nitrogen and oxygen atoms in total. The highest BCUT2D eigenvalue weighted by atomic mass is 16.6. The third kappa shape index (κ3) is 4.47. The number of ether oxygens (including phenoxy) is 1. The molecule has 0 unspecified atom stereocenters. The molecule has 0 aliphatic rings. The van der Waals surface area contributed by atoms with Crippen molar-refractivity contribution < 1.29 is 24.2 Å². The molecule has 1 aromatic carbocycles. The molecule has 0 fully saturated rings. The Morgan fingerprint density at radius 3 is 2.43 bits per heavy atom. The summed E-state index contributed by atoms with van der Waals surface area (Å²) in [5.74, 6) is -1.60. The minimum absolute atomic E-state index is 0.0328. The number of hydrogen-bond acceptors (Lipinski definition) is 8. The van der Waals surface area contributed by atoms with Crippen molar-refractivity contribution in [3.05, 3.63) is 55.9 Å². The molecule has 0 aliphatic carbocycles. The van der Waals surface area contributed by atoms with Crippen LogP contribution in [0.25, 0.3) is 0 Å². The van der Waals surface area contributed by atoms with Gasteiger partial charge in [-0.2, -0.15) is 5.10 Å². The van der Waals surface area contributed by atoms with E-state index in [-0.39, 0.29) is 28.5 Å². The van der Waals surface area contributed by atoms with Crippen LogP contribution in [0.15, 0.2) is 24.3 Å². The SMILES string of the molecule is Cc1nn(CC(=O)O[C@H](C)C(=O)Nc2ccccc2[N+](=O)[O-])c(C)c1[N+](=O)[O-]. The molecule has 0 spiro atoms. The Labute approximate surface area is 158 Å². The van der Waals surface area contributed by atoms with E-state index in [0.29, 0.717) is 0 Å². The van der Waals surface area contributed by atoms with Crippen LogP contribution < -0.4 is 5.32 Å². The van der Waals surface area contributed by atoms with E-state index >= 15 is 0 Å². The first-order valence-electron chi connectivity index (χ1n) is 8.04. The van der Waals surface area contributed by atoms with Gasteiger partial charge in [0.15, 0.2) is 6.10 Å². The van der Waals surface area contributed by atoms with Crippen molar-refractivity contribution in [2.24, 2.45) is 0 Å². The molecule has 1 aromatic heterocycles. The number of carbonyl (C=O) groups excluding carboxylic acids is 2. The summed E-state index contributed by atoms with van der Waals surface area (Å²) in [6, 6.07) is 5.53. The molecule has 0 saturated heterocycles. The highest BCUT2D eigenvalue weighted by Gasteiger charge is 2.25. The fourth-order valence-electron chi connectivity index (χ4n) is 2.49. The average Bonchev–Trinajstić information content (AvgIpc) is 2.88. The highest BCUT2D eigenvalue weighted by molar-refractivity contribution is 5.96. The first-order valence-corrected chi connectivity index (χ1v) is 8.04. The molecular weight excluding hydrogens is 374 g/mol. The summed E-state index contributed by atoms with van der Waals surface area (Å²) in [7, 11) is 0. The van der Waals surface area contributed by atoms with Gasteiger partial charge in [-0.3, -0.25) is 34.5 Å². The number of carbonyl (C=O) groups is 2. The predicted octanol–water partition coefficient (Wildman–Crippen LogP) is 1.89. The Kier molecular flexibility index (Phi) is 6.03. The lowest BCUT2D eigenvalue weighted by molar-refractivity contribution is -0.386. The maximum atomic E-state index is 12.2. The fourth-order valence-corrected chi connectivity index (χ4v) is 2.49. The lowest BCUT2D eigenvalue weighted by Crippen LogP contribution is -2.31. The minimum Gasteiger partial charge on any atom is -0.451 e. The fraction of sp³-hybridized carbons (Fsp3) is 0.312. The van der Waals surface area contributed by atoms with Crippen molar-refractivity contribution in [3.8, 4) is 0 Å². The summed E-state index contributed by atoms with van der Waals surface area (Å²) in [6.07, 6.45) is -1.25. The van der Waals surface area contributed by atoms with Gasteiger partial charge in [0.1, 0.15) is 23.6 Å². The van der Waals surface area contributed by atoms with Crippen LogP contribution in [0.4, 0.5) is 17.1 Å². The van der Waals surface area contributed by atoms with Crippen molar-refractivity contribution >= 4 is 28.9 Å². The van der Waals surface area contributed by atoms with Gasteiger partial charge in [-0.25, -0.2) is 0 Å². The molecule has 2 aromatic rings. The van der Waals surface area contributed by atoms with Gasteiger partial charge in [-0.15, -0.1) is 0 Å². The van der Waals surface area contributed by atoms with Gasteiger partial charge in [-0.05, 0) is 26.8 Å². The topological polar surface area (TPSA) is 160 Å². The number of aryl methyl sites for hydroxylation is 1. The number of benzene rings is 1. The zero-order valence-corrected chi connectivity index (χ0v) is 15.2. The van der Waals surface area contributed by atoms with Crippen LogP contribution in [0.3, 0.4) is 0 Å². The summed E-state index contributed by atoms with van der Waals surface area (Å²) in [6.45, 7) is 3.75. The number of hydrogen-bond donors (Lipinski definition) is 1. The van der Waals surface area contributed by atoms with Crippen LogP contribution in [0.1, 0.15) is 18.3 Å². The van der Waals surface area contributed by atoms with Crippen molar-refractivity contribution in [2.75, 3.05) is 5.32 Å². The Hall–Kier alpha value is -3.83. The summed E-state index contributed by atoms with van der Waals surface area (Å²) >= 11 is 0. The molecule has 0 radical (unpaired) electrons. The zero-order valence-electron chi connectivity index (χ0n) is 15.2. The predicted molar refractivity (Wildman–Crippen MR) is 95.6 cm³/mol. The number of nitrogens with one attached hydrogen (secondary N) is 1. The number of esters is 1. The summed E-state index contributed by atoms with van der Waals surface area (Å²) in [5, 5.41) is 28.2. The average molecular weight is 391 g/mol. The summed E-state index contributed by atoms with van der Waals surface area (Å²) in [4.78, 5) is 44.9. The van der Waals surface area contributed by atoms with Crippen LogP contribution in [-0.4, -0.2) is 37.6 Å². The Balaban J connectivity index is 2.03. The monoisotopic (exact) mass is 391 g/mol. The smallest absolute Gasteiger partial charge is 0.328 e. The lowest BCUT2D eigenvalue weighted by atomic mass is 10.2. The number of amides is 1. The zero-order chi connectivity index (χ0) is 21.0. The van der Waals surface area contributed by atoms with Crippen LogP contribution in [0.5, 0.6) is 0 Å². The van der Waals surface area contributed by atoms with Crippen molar-refractivity contribution in [1.29, 1.82) is 0 Å². The number of para-hydroxylation sites is 2. The normalized spacial score (nSPS) is 11.5. The molecular formula is C16H17N5O7. The van der Waals surface area contributed by atoms with Gasteiger partial charge < -0.3 is 10.1 Å². The molecule has 1 amide bonds. The molecule has 12 heteroatoms. The summed E-state index contributed by atoms with van der Waals surface area (Å²) < 4.78 is 6.12. The first kappa shape index (κ1) is 20.5. The molecule has 1 atom stereocenters. The van der Waals surface area contributed by atoms with Crippen LogP contribution in [0, 0.1) is 34.1 Å². The van der Waals surface area contributed by atoms with E-state index in [4.69, 9.17) is 4.74 Å². The second-order valence-electron chi connectivity index (χ2n) is 5.83. The van der Waals surface area contributed by atoms with Gasteiger partial charge in [0, 0.05) is 6.07 Å². The van der Waals surface area contributed by atoms with Crippen LogP contribution in [0.2, 0.25) is 0 Å². The van der Waals surface area contributed by atoms with E-state index < -0.39 is 34.4 Å². The van der Waals surface area contributed by atoms with Gasteiger partial charge in [0.2, 0.25) is 0 Å². The highest BCUT2D eigenvalue weighted by Crippen LogP contribution is 2.24. The quantitative estimate of drug-likeness (QED) is 0.425. The second kappa shape index (κ2) is 8.24. The van der Waals surface area contributed by atoms with E-state index in [1.807, 2.05) is 0 Å². The molecule has 0 bridgehead atoms. The van der Waals surface area contributed by atoms with E-state index in [0.717, 1.165) is 4.68 Å². The van der Waals surface area contributed by atoms with E-state index in [2.05, 4.69) is 10.4 Å². The van der Waals surface area contributed by atoms with Gasteiger partial charge in [0.05, 0.1) is 9.85 Å². The summed E-state index contributed by atoms with van der Waals surface area (Å²) in [5.41, 5.74) is -0.206. The van der Waals surface area contributed by atoms with Crippen molar-refractivity contribution in [2.45, 2.75) is 33.4 Å². The Bertz CT molecular complexity index is 953. The number of nitro benzene ring substituents is 1. The molecule has 0 saturated carbocycles. The molecule has 0 aliphatic heterocycles. The number of nitro groups is 2. The maximum absolute atomic E-state index is 12.2. The minimum atomic E-state index is -1.25. The first-order chi connectivity index (χ1) is 13.1. The van der Waals surface area contributed by atoms with Crippen LogP contribution >= 0.6 is 0 Å². The van der Waals surface area contributed by atoms with E-state index in [1.165, 1.54) is 45.0 Å². The Morgan fingerprint density at radius 1 is 1.21 bits per heavy atom.